The van der Waals surface area contributed by atoms with Gasteiger partial charge in [0.05, 0.1) is 0 Å². The maximum Gasteiger partial charge on any atom is 0.0422 e. The minimum absolute atomic E-state index is 0.614. The van der Waals surface area contributed by atoms with E-state index in [-0.39, 0.29) is 0 Å². The molecule has 0 bridgehead atoms. The van der Waals surface area contributed by atoms with Crippen LogP contribution in [-0.2, 0) is 0 Å². The van der Waals surface area contributed by atoms with Crippen molar-refractivity contribution in [2.45, 2.75) is 45.6 Å². The van der Waals surface area contributed by atoms with Crippen LogP contribution in [-0.4, -0.2) is 6.04 Å². The van der Waals surface area contributed by atoms with Gasteiger partial charge in [-0.2, -0.15) is 0 Å². The number of nitrogens with one attached hydrogen (secondary N) is 1. The van der Waals surface area contributed by atoms with Crippen molar-refractivity contribution in [1.82, 2.24) is 0 Å². The van der Waals surface area contributed by atoms with Crippen molar-refractivity contribution in [3.8, 4) is 0 Å². The molecule has 2 heteroatoms. The lowest BCUT2D eigenvalue weighted by molar-refractivity contribution is 0.254. The number of rotatable bonds is 3. The normalized spacial score (nSPS) is 22.7. The van der Waals surface area contributed by atoms with Crippen LogP contribution < -0.4 is 5.32 Å². The molecule has 0 aromatic heterocycles. The van der Waals surface area contributed by atoms with Gasteiger partial charge < -0.3 is 5.32 Å². The van der Waals surface area contributed by atoms with E-state index < -0.39 is 0 Å². The second kappa shape index (κ2) is 6.39. The van der Waals surface area contributed by atoms with Crippen molar-refractivity contribution in [1.29, 1.82) is 0 Å². The molecule has 1 N–H and O–H groups in total. The molecule has 1 aliphatic carbocycles. The van der Waals surface area contributed by atoms with Gasteiger partial charge in [0.1, 0.15) is 0 Å². The molecule has 21 heavy (non-hydrogen) atoms. The van der Waals surface area contributed by atoms with Crippen molar-refractivity contribution in [3.63, 3.8) is 0 Å². The molecule has 1 fully saturated rings. The standard InChI is InChI=1S/C19H24BrN/c1-13(2)14-7-5-6-10-18(14)21-19-12-11-17(20)15-8-3-4-9-16(15)19/h3-4,8-9,11-14,18,21H,5-7,10H2,1-2H3. The van der Waals surface area contributed by atoms with Crippen molar-refractivity contribution in [2.24, 2.45) is 11.8 Å². The number of fused-ring (bicyclic) bond motifs is 1. The van der Waals surface area contributed by atoms with Gasteiger partial charge in [-0.25, -0.2) is 0 Å². The molecule has 1 aliphatic rings. The number of benzene rings is 2. The average molecular weight is 346 g/mol. The minimum atomic E-state index is 0.614. The largest absolute Gasteiger partial charge is 0.382 e. The zero-order chi connectivity index (χ0) is 14.8. The van der Waals surface area contributed by atoms with Gasteiger partial charge in [-0.15, -0.1) is 0 Å². The van der Waals surface area contributed by atoms with Gasteiger partial charge in [-0.3, -0.25) is 0 Å². The molecule has 2 aromatic carbocycles. The van der Waals surface area contributed by atoms with Crippen molar-refractivity contribution < 1.29 is 0 Å². The quantitative estimate of drug-likeness (QED) is 0.695. The Labute approximate surface area is 136 Å². The van der Waals surface area contributed by atoms with Gasteiger partial charge in [0.15, 0.2) is 0 Å². The van der Waals surface area contributed by atoms with Crippen molar-refractivity contribution in [2.75, 3.05) is 5.32 Å². The smallest absolute Gasteiger partial charge is 0.0422 e. The fraction of sp³-hybridized carbons (Fsp3) is 0.474. The molecular formula is C19H24BrN. The van der Waals surface area contributed by atoms with Gasteiger partial charge in [-0.1, -0.05) is 66.9 Å². The summed E-state index contributed by atoms with van der Waals surface area (Å²) in [6, 6.07) is 13.6. The first-order chi connectivity index (χ1) is 10.2. The molecule has 2 aromatic rings. The summed E-state index contributed by atoms with van der Waals surface area (Å²) in [6.45, 7) is 4.73. The highest BCUT2D eigenvalue weighted by molar-refractivity contribution is 9.10. The van der Waals surface area contributed by atoms with Crippen molar-refractivity contribution >= 4 is 32.4 Å². The highest BCUT2D eigenvalue weighted by Crippen LogP contribution is 2.35. The highest BCUT2D eigenvalue weighted by Gasteiger charge is 2.27. The molecular weight excluding hydrogens is 322 g/mol. The minimum Gasteiger partial charge on any atom is -0.382 e. The van der Waals surface area contributed by atoms with Crippen LogP contribution in [0.1, 0.15) is 39.5 Å². The first-order valence-electron chi connectivity index (χ1n) is 8.10. The molecule has 112 valence electrons. The fourth-order valence-electron chi connectivity index (χ4n) is 3.72. The second-order valence-electron chi connectivity index (χ2n) is 6.58. The zero-order valence-corrected chi connectivity index (χ0v) is 14.5. The van der Waals surface area contributed by atoms with E-state index in [1.54, 1.807) is 0 Å². The Bertz CT molecular complexity index is 620. The third-order valence-electron chi connectivity index (χ3n) is 4.89. The molecule has 2 unspecified atom stereocenters. The van der Waals surface area contributed by atoms with Gasteiger partial charge in [-0.05, 0) is 42.2 Å². The molecule has 1 nitrogen and oxygen atoms in total. The van der Waals surface area contributed by atoms with Crippen molar-refractivity contribution in [3.05, 3.63) is 40.9 Å². The van der Waals surface area contributed by atoms with Crippen LogP contribution in [0.2, 0.25) is 0 Å². The number of halogens is 1. The first kappa shape index (κ1) is 14.9. The van der Waals surface area contributed by atoms with E-state index in [9.17, 15) is 0 Å². The number of anilines is 1. The summed E-state index contributed by atoms with van der Waals surface area (Å²) >= 11 is 3.66. The zero-order valence-electron chi connectivity index (χ0n) is 12.9. The Hall–Kier alpha value is -1.02. The van der Waals surface area contributed by atoms with E-state index in [0.717, 1.165) is 11.8 Å². The lowest BCUT2D eigenvalue weighted by Crippen LogP contribution is -2.35. The predicted molar refractivity (Wildman–Crippen MR) is 95.9 cm³/mol. The van der Waals surface area contributed by atoms with E-state index >= 15 is 0 Å². The first-order valence-corrected chi connectivity index (χ1v) is 8.90. The van der Waals surface area contributed by atoms with Gasteiger partial charge in [0, 0.05) is 21.6 Å². The molecule has 0 spiro atoms. The average Bonchev–Trinajstić information content (AvgIpc) is 2.51. The SMILES string of the molecule is CC(C)C1CCCCC1Nc1ccc(Br)c2ccccc12. The molecule has 3 rings (SSSR count). The van der Waals surface area contributed by atoms with Crippen LogP contribution in [0.4, 0.5) is 5.69 Å². The Morgan fingerprint density at radius 1 is 1.00 bits per heavy atom. The molecule has 0 saturated heterocycles. The van der Waals surface area contributed by atoms with E-state index in [4.69, 9.17) is 0 Å². The van der Waals surface area contributed by atoms with E-state index in [2.05, 4.69) is 71.5 Å². The third kappa shape index (κ3) is 3.11. The van der Waals surface area contributed by atoms with Gasteiger partial charge in [0.2, 0.25) is 0 Å². The summed E-state index contributed by atoms with van der Waals surface area (Å²) in [7, 11) is 0. The van der Waals surface area contributed by atoms with E-state index in [0.29, 0.717) is 6.04 Å². The second-order valence-corrected chi connectivity index (χ2v) is 7.44. The maximum absolute atomic E-state index is 3.86. The lowest BCUT2D eigenvalue weighted by atomic mass is 9.77. The van der Waals surface area contributed by atoms with E-state index in [1.807, 2.05) is 0 Å². The number of hydrogen-bond donors (Lipinski definition) is 1. The van der Waals surface area contributed by atoms with Crippen LogP contribution in [0, 0.1) is 11.8 Å². The number of hydrogen-bond acceptors (Lipinski definition) is 1. The molecule has 0 amide bonds. The van der Waals surface area contributed by atoms with Crippen LogP contribution in [0.25, 0.3) is 10.8 Å². The predicted octanol–water partition coefficient (Wildman–Crippen LogP) is 6.23. The summed E-state index contributed by atoms with van der Waals surface area (Å²) in [4.78, 5) is 0. The maximum atomic E-state index is 3.86. The molecule has 2 atom stereocenters. The molecule has 0 heterocycles. The lowest BCUT2D eigenvalue weighted by Gasteiger charge is -2.36. The Balaban J connectivity index is 1.92. The summed E-state index contributed by atoms with van der Waals surface area (Å²) < 4.78 is 1.17. The summed E-state index contributed by atoms with van der Waals surface area (Å²) in [5.41, 5.74) is 1.28. The Kier molecular flexibility index (Phi) is 4.54. The Morgan fingerprint density at radius 3 is 2.48 bits per heavy atom. The van der Waals surface area contributed by atoms with Crippen LogP contribution >= 0.6 is 15.9 Å². The third-order valence-corrected chi connectivity index (χ3v) is 5.58. The molecule has 1 saturated carbocycles. The van der Waals surface area contributed by atoms with Gasteiger partial charge >= 0.3 is 0 Å². The molecule has 0 radical (unpaired) electrons. The van der Waals surface area contributed by atoms with Gasteiger partial charge in [0.25, 0.3) is 0 Å². The Morgan fingerprint density at radius 2 is 1.71 bits per heavy atom. The summed E-state index contributed by atoms with van der Waals surface area (Å²) in [5, 5.41) is 6.47. The highest BCUT2D eigenvalue weighted by atomic mass is 79.9. The molecule has 0 aliphatic heterocycles. The van der Waals surface area contributed by atoms with Crippen LogP contribution in [0.5, 0.6) is 0 Å². The fourth-order valence-corrected chi connectivity index (χ4v) is 4.20. The summed E-state index contributed by atoms with van der Waals surface area (Å²) in [6.07, 6.45) is 5.41. The summed E-state index contributed by atoms with van der Waals surface area (Å²) in [5.74, 6) is 1.55. The topological polar surface area (TPSA) is 12.0 Å². The van der Waals surface area contributed by atoms with Crippen LogP contribution in [0.15, 0.2) is 40.9 Å². The van der Waals surface area contributed by atoms with Crippen LogP contribution in [0.3, 0.4) is 0 Å². The van der Waals surface area contributed by atoms with E-state index in [1.165, 1.54) is 46.6 Å². The monoisotopic (exact) mass is 345 g/mol.